The molecule has 0 bridgehead atoms. The van der Waals surface area contributed by atoms with E-state index in [9.17, 15) is 4.79 Å². The molecule has 5 rings (SSSR count). The number of aromatic nitrogens is 2. The van der Waals surface area contributed by atoms with Crippen molar-refractivity contribution in [3.8, 4) is 11.1 Å². The van der Waals surface area contributed by atoms with Gasteiger partial charge in [-0.05, 0) is 55.4 Å². The van der Waals surface area contributed by atoms with Crippen molar-refractivity contribution in [2.75, 3.05) is 19.6 Å². The quantitative estimate of drug-likeness (QED) is 0.629. The molecule has 148 valence electrons. The van der Waals surface area contributed by atoms with Crippen LogP contribution in [0.25, 0.3) is 17.2 Å². The Bertz CT molecular complexity index is 1000. The standard InChI is InChI=1S/C23H25N5O/c29-23(18-12-17-13-25-27-20-8-9-24-14-19(18)22(17)20)26-21(15-28-10-4-5-11-28)16-6-2-1-3-7-16/h1-3,6-9,12-13,21,24-25H,4-5,10-11,14-15H2,(H,26,29)/t21-/m1/s1. The van der Waals surface area contributed by atoms with Crippen LogP contribution in [-0.4, -0.2) is 40.6 Å². The van der Waals surface area contributed by atoms with E-state index in [2.05, 4.69) is 37.9 Å². The summed E-state index contributed by atoms with van der Waals surface area (Å²) in [5, 5.41) is 13.9. The van der Waals surface area contributed by atoms with Crippen LogP contribution in [0, 0.1) is 0 Å². The van der Waals surface area contributed by atoms with Gasteiger partial charge in [0.25, 0.3) is 5.91 Å². The third-order valence-corrected chi connectivity index (χ3v) is 5.91. The highest BCUT2D eigenvalue weighted by Gasteiger charge is 2.27. The van der Waals surface area contributed by atoms with Gasteiger partial charge in [0.2, 0.25) is 0 Å². The zero-order chi connectivity index (χ0) is 19.6. The zero-order valence-electron chi connectivity index (χ0n) is 16.3. The first-order valence-electron chi connectivity index (χ1n) is 10.3. The molecular formula is C23H25N5O. The van der Waals surface area contributed by atoms with Gasteiger partial charge in [0.15, 0.2) is 0 Å². The molecule has 0 radical (unpaired) electrons. The molecule has 1 aromatic rings. The first kappa shape index (κ1) is 17.9. The highest BCUT2D eigenvalue weighted by atomic mass is 16.1. The minimum absolute atomic E-state index is 0.0288. The molecule has 3 N–H and O–H groups in total. The van der Waals surface area contributed by atoms with Gasteiger partial charge in [0.05, 0.1) is 11.7 Å². The summed E-state index contributed by atoms with van der Waals surface area (Å²) < 4.78 is 0. The number of rotatable bonds is 5. The fourth-order valence-corrected chi connectivity index (χ4v) is 4.45. The molecular weight excluding hydrogens is 362 g/mol. The van der Waals surface area contributed by atoms with Crippen LogP contribution in [0.15, 0.2) is 48.8 Å². The molecule has 29 heavy (non-hydrogen) atoms. The predicted molar refractivity (Wildman–Crippen MR) is 113 cm³/mol. The fraction of sp³-hybridized carbons (Fsp3) is 0.304. The number of hydrogen-bond donors (Lipinski definition) is 3. The van der Waals surface area contributed by atoms with E-state index in [4.69, 9.17) is 0 Å². The Morgan fingerprint density at radius 1 is 1.21 bits per heavy atom. The van der Waals surface area contributed by atoms with E-state index in [0.717, 1.165) is 53.1 Å². The Labute approximate surface area is 170 Å². The number of benzene rings is 1. The number of carbonyl (C=O) groups is 1. The van der Waals surface area contributed by atoms with Crippen LogP contribution < -0.4 is 10.6 Å². The van der Waals surface area contributed by atoms with E-state index in [0.29, 0.717) is 6.54 Å². The van der Waals surface area contributed by atoms with Crippen LogP contribution in [0.1, 0.15) is 46.1 Å². The van der Waals surface area contributed by atoms with Gasteiger partial charge in [0.1, 0.15) is 0 Å². The Hall–Kier alpha value is -3.12. The maximum atomic E-state index is 13.4. The van der Waals surface area contributed by atoms with Crippen molar-refractivity contribution in [2.45, 2.75) is 25.4 Å². The first-order valence-corrected chi connectivity index (χ1v) is 10.3. The molecule has 3 aliphatic heterocycles. The van der Waals surface area contributed by atoms with Crippen LogP contribution in [0.4, 0.5) is 0 Å². The van der Waals surface area contributed by atoms with Crippen LogP contribution in [-0.2, 0) is 6.54 Å². The Morgan fingerprint density at radius 2 is 2.03 bits per heavy atom. The number of amides is 1. The van der Waals surface area contributed by atoms with Crippen LogP contribution in [0.2, 0.25) is 0 Å². The number of carbonyl (C=O) groups excluding carboxylic acids is 1. The second kappa shape index (κ2) is 7.72. The van der Waals surface area contributed by atoms with E-state index >= 15 is 0 Å². The average molecular weight is 387 g/mol. The normalized spacial score (nSPS) is 17.1. The molecule has 0 saturated carbocycles. The number of aromatic amines is 1. The minimum Gasteiger partial charge on any atom is -0.387 e. The largest absolute Gasteiger partial charge is 0.387 e. The molecule has 6 heteroatoms. The summed E-state index contributed by atoms with van der Waals surface area (Å²) >= 11 is 0. The molecule has 1 saturated heterocycles. The topological polar surface area (TPSA) is 73.0 Å². The fourth-order valence-electron chi connectivity index (χ4n) is 4.45. The van der Waals surface area contributed by atoms with Crippen LogP contribution >= 0.6 is 0 Å². The van der Waals surface area contributed by atoms with Crippen molar-refractivity contribution >= 4 is 12.0 Å². The van der Waals surface area contributed by atoms with Gasteiger partial charge in [0, 0.05) is 36.0 Å². The van der Waals surface area contributed by atoms with Crippen LogP contribution in [0.3, 0.4) is 0 Å². The Balaban J connectivity index is 1.46. The van der Waals surface area contributed by atoms with E-state index in [1.807, 2.05) is 42.7 Å². The van der Waals surface area contributed by atoms with E-state index < -0.39 is 0 Å². The average Bonchev–Trinajstić information content (AvgIpc) is 3.33. The Kier molecular flexibility index (Phi) is 4.77. The molecule has 1 atom stereocenters. The summed E-state index contributed by atoms with van der Waals surface area (Å²) in [5.74, 6) is -0.0288. The van der Waals surface area contributed by atoms with Crippen LogP contribution in [0.5, 0.6) is 0 Å². The van der Waals surface area contributed by atoms with Gasteiger partial charge < -0.3 is 15.5 Å². The molecule has 0 aromatic heterocycles. The van der Waals surface area contributed by atoms with Gasteiger partial charge in [-0.25, -0.2) is 0 Å². The lowest BCUT2D eigenvalue weighted by atomic mass is 10.0. The summed E-state index contributed by atoms with van der Waals surface area (Å²) in [5.41, 5.74) is 5.79. The van der Waals surface area contributed by atoms with Gasteiger partial charge in [-0.1, -0.05) is 30.3 Å². The summed E-state index contributed by atoms with van der Waals surface area (Å²) in [6.07, 6.45) is 8.16. The molecule has 3 heterocycles. The van der Waals surface area contributed by atoms with Crippen molar-refractivity contribution in [1.29, 1.82) is 0 Å². The van der Waals surface area contributed by atoms with Gasteiger partial charge in [-0.15, -0.1) is 0 Å². The van der Waals surface area contributed by atoms with Gasteiger partial charge in [-0.3, -0.25) is 9.89 Å². The van der Waals surface area contributed by atoms with Crippen molar-refractivity contribution in [3.63, 3.8) is 0 Å². The van der Waals surface area contributed by atoms with Gasteiger partial charge >= 0.3 is 0 Å². The number of H-pyrrole nitrogens is 1. The lowest BCUT2D eigenvalue weighted by Gasteiger charge is -2.25. The van der Waals surface area contributed by atoms with Crippen molar-refractivity contribution in [3.05, 3.63) is 71.2 Å². The minimum atomic E-state index is -0.0342. The maximum Gasteiger partial charge on any atom is 0.252 e. The summed E-state index contributed by atoms with van der Waals surface area (Å²) in [6, 6.07) is 12.2. The molecule has 6 nitrogen and oxygen atoms in total. The number of likely N-dealkylation sites (tertiary alicyclic amines) is 1. The molecule has 1 aromatic carbocycles. The summed E-state index contributed by atoms with van der Waals surface area (Å²) in [7, 11) is 0. The molecule has 1 fully saturated rings. The highest BCUT2D eigenvalue weighted by Crippen LogP contribution is 2.35. The monoisotopic (exact) mass is 387 g/mol. The highest BCUT2D eigenvalue weighted by molar-refractivity contribution is 6.01. The van der Waals surface area contributed by atoms with E-state index in [1.54, 1.807) is 0 Å². The van der Waals surface area contributed by atoms with Crippen molar-refractivity contribution in [1.82, 2.24) is 25.7 Å². The zero-order valence-corrected chi connectivity index (χ0v) is 16.3. The number of nitrogens with one attached hydrogen (secondary N) is 3. The lowest BCUT2D eigenvalue weighted by molar-refractivity contribution is 0.0926. The number of nitrogens with zero attached hydrogens (tertiary/aromatic N) is 2. The summed E-state index contributed by atoms with van der Waals surface area (Å²) in [6.45, 7) is 3.66. The van der Waals surface area contributed by atoms with Crippen molar-refractivity contribution in [2.24, 2.45) is 0 Å². The van der Waals surface area contributed by atoms with Gasteiger partial charge in [-0.2, -0.15) is 5.10 Å². The smallest absolute Gasteiger partial charge is 0.252 e. The molecule has 4 aliphatic rings. The third-order valence-electron chi connectivity index (χ3n) is 5.91. The SMILES string of the molecule is O=C(N[C@H](CN1CCCC1)c1ccccc1)c1cc2c[nH]nc3c-2c1CNC=C3. The second-order valence-corrected chi connectivity index (χ2v) is 7.80. The first-order chi connectivity index (χ1) is 14.3. The lowest BCUT2D eigenvalue weighted by Crippen LogP contribution is -2.37. The van der Waals surface area contributed by atoms with E-state index in [-0.39, 0.29) is 11.9 Å². The Morgan fingerprint density at radius 3 is 2.86 bits per heavy atom. The molecule has 0 spiro atoms. The molecule has 1 amide bonds. The predicted octanol–water partition coefficient (Wildman–Crippen LogP) is 3.16. The molecule has 1 aliphatic carbocycles. The maximum absolute atomic E-state index is 13.4. The summed E-state index contributed by atoms with van der Waals surface area (Å²) in [4.78, 5) is 15.8. The third kappa shape index (κ3) is 3.51. The van der Waals surface area contributed by atoms with Crippen molar-refractivity contribution < 1.29 is 4.79 Å². The van der Waals surface area contributed by atoms with E-state index in [1.165, 1.54) is 12.8 Å². The second-order valence-electron chi connectivity index (χ2n) is 7.80. The number of hydrogen-bond acceptors (Lipinski definition) is 4. The molecule has 0 unspecified atom stereocenters.